The lowest BCUT2D eigenvalue weighted by molar-refractivity contribution is -0.149. The van der Waals surface area contributed by atoms with Crippen LogP contribution in [0.5, 0.6) is 0 Å². The lowest BCUT2D eigenvalue weighted by atomic mass is 9.79. The number of carboxylic acid groups (broad SMARTS) is 1. The number of hydrogen-bond donors (Lipinski definition) is 1. The summed E-state index contributed by atoms with van der Waals surface area (Å²) in [6.45, 7) is -0.339. The highest BCUT2D eigenvalue weighted by atomic mass is 19.3. The van der Waals surface area contributed by atoms with Gasteiger partial charge in [0, 0.05) is 6.04 Å². The van der Waals surface area contributed by atoms with Gasteiger partial charge in [0.25, 0.3) is 6.43 Å². The van der Waals surface area contributed by atoms with E-state index >= 15 is 0 Å². The summed E-state index contributed by atoms with van der Waals surface area (Å²) < 4.78 is 23.9. The van der Waals surface area contributed by atoms with Crippen molar-refractivity contribution in [3.63, 3.8) is 0 Å². The average molecular weight is 193 g/mol. The number of hydrogen-bond acceptors (Lipinski definition) is 2. The SMILES string of the molecule is CN(CC(F)F)C1CCC1C(=O)O. The maximum Gasteiger partial charge on any atom is 0.308 e. The molecule has 0 radical (unpaired) electrons. The van der Waals surface area contributed by atoms with Crippen molar-refractivity contribution in [1.82, 2.24) is 4.90 Å². The summed E-state index contributed by atoms with van der Waals surface area (Å²) in [4.78, 5) is 12.0. The highest BCUT2D eigenvalue weighted by Gasteiger charge is 2.39. The van der Waals surface area contributed by atoms with Gasteiger partial charge in [-0.05, 0) is 19.9 Å². The van der Waals surface area contributed by atoms with Crippen molar-refractivity contribution < 1.29 is 18.7 Å². The molecule has 1 aliphatic carbocycles. The molecule has 1 saturated carbocycles. The van der Waals surface area contributed by atoms with Crippen LogP contribution in [-0.2, 0) is 4.79 Å². The van der Waals surface area contributed by atoms with E-state index in [9.17, 15) is 13.6 Å². The van der Waals surface area contributed by atoms with E-state index in [0.717, 1.165) is 0 Å². The Morgan fingerprint density at radius 3 is 2.54 bits per heavy atom. The molecule has 13 heavy (non-hydrogen) atoms. The van der Waals surface area contributed by atoms with Gasteiger partial charge >= 0.3 is 5.97 Å². The van der Waals surface area contributed by atoms with Gasteiger partial charge in [-0.15, -0.1) is 0 Å². The number of carbonyl (C=O) groups is 1. The fourth-order valence-corrected chi connectivity index (χ4v) is 1.65. The van der Waals surface area contributed by atoms with Gasteiger partial charge in [0.15, 0.2) is 0 Å². The molecule has 76 valence electrons. The highest BCUT2D eigenvalue weighted by molar-refractivity contribution is 5.72. The highest BCUT2D eigenvalue weighted by Crippen LogP contribution is 2.31. The van der Waals surface area contributed by atoms with Crippen LogP contribution in [0.15, 0.2) is 0 Å². The zero-order valence-electron chi connectivity index (χ0n) is 7.41. The van der Waals surface area contributed by atoms with E-state index in [4.69, 9.17) is 5.11 Å². The van der Waals surface area contributed by atoms with Crippen LogP contribution < -0.4 is 0 Å². The Balaban J connectivity index is 2.39. The molecule has 1 fully saturated rings. The maximum atomic E-state index is 11.9. The summed E-state index contributed by atoms with van der Waals surface area (Å²) >= 11 is 0. The lowest BCUT2D eigenvalue weighted by Crippen LogP contribution is -2.49. The number of rotatable bonds is 4. The number of nitrogens with zero attached hydrogens (tertiary/aromatic N) is 1. The van der Waals surface area contributed by atoms with Crippen molar-refractivity contribution in [2.75, 3.05) is 13.6 Å². The van der Waals surface area contributed by atoms with Gasteiger partial charge in [-0.3, -0.25) is 9.69 Å². The molecule has 1 N–H and O–H groups in total. The summed E-state index contributed by atoms with van der Waals surface area (Å²) in [7, 11) is 1.55. The summed E-state index contributed by atoms with van der Waals surface area (Å²) in [5, 5.41) is 8.67. The molecule has 0 aliphatic heterocycles. The number of halogens is 2. The minimum absolute atomic E-state index is 0.202. The Bertz CT molecular complexity index is 199. The standard InChI is InChI=1S/C8H13F2NO2/c1-11(4-7(9)10)6-3-2-5(6)8(12)13/h5-7H,2-4H2,1H3,(H,12,13). The molecule has 0 spiro atoms. The minimum Gasteiger partial charge on any atom is -0.481 e. The zero-order chi connectivity index (χ0) is 10.0. The summed E-state index contributed by atoms with van der Waals surface area (Å²) in [6.07, 6.45) is -1.08. The van der Waals surface area contributed by atoms with Gasteiger partial charge < -0.3 is 5.11 Å². The van der Waals surface area contributed by atoms with Gasteiger partial charge in [-0.2, -0.15) is 0 Å². The van der Waals surface area contributed by atoms with E-state index in [0.29, 0.717) is 12.8 Å². The van der Waals surface area contributed by atoms with E-state index in [1.165, 1.54) is 4.90 Å². The van der Waals surface area contributed by atoms with Crippen molar-refractivity contribution in [1.29, 1.82) is 0 Å². The smallest absolute Gasteiger partial charge is 0.308 e. The predicted molar refractivity (Wildman–Crippen MR) is 42.8 cm³/mol. The molecule has 2 unspecified atom stereocenters. The molecule has 0 heterocycles. The molecular formula is C8H13F2NO2. The van der Waals surface area contributed by atoms with Crippen molar-refractivity contribution in [2.45, 2.75) is 25.3 Å². The molecule has 5 heteroatoms. The topological polar surface area (TPSA) is 40.5 Å². The van der Waals surface area contributed by atoms with Crippen molar-refractivity contribution in [2.24, 2.45) is 5.92 Å². The first-order valence-corrected chi connectivity index (χ1v) is 4.23. The first kappa shape index (κ1) is 10.4. The van der Waals surface area contributed by atoms with Gasteiger partial charge in [0.2, 0.25) is 0 Å². The fourth-order valence-electron chi connectivity index (χ4n) is 1.65. The molecule has 0 amide bonds. The van der Waals surface area contributed by atoms with Crippen LogP contribution in [0.25, 0.3) is 0 Å². The average Bonchev–Trinajstić information content (AvgIpc) is 1.79. The first-order valence-electron chi connectivity index (χ1n) is 4.23. The largest absolute Gasteiger partial charge is 0.481 e. The van der Waals surface area contributed by atoms with Crippen molar-refractivity contribution in [3.8, 4) is 0 Å². The Morgan fingerprint density at radius 1 is 1.62 bits per heavy atom. The van der Waals surface area contributed by atoms with Crippen LogP contribution in [0.1, 0.15) is 12.8 Å². The van der Waals surface area contributed by atoms with E-state index in [1.807, 2.05) is 0 Å². The molecule has 0 saturated heterocycles. The number of aliphatic carboxylic acids is 1. The van der Waals surface area contributed by atoms with Gasteiger partial charge in [-0.25, -0.2) is 8.78 Å². The maximum absolute atomic E-state index is 11.9. The normalized spacial score (nSPS) is 27.8. The summed E-state index contributed by atoms with van der Waals surface area (Å²) in [5.74, 6) is -1.33. The number of carboxylic acids is 1. The molecule has 0 aromatic rings. The quantitative estimate of drug-likeness (QED) is 0.725. The summed E-state index contributed by atoms with van der Waals surface area (Å²) in [5.41, 5.74) is 0. The van der Waals surface area contributed by atoms with E-state index < -0.39 is 18.3 Å². The molecular weight excluding hydrogens is 180 g/mol. The Morgan fingerprint density at radius 2 is 2.23 bits per heavy atom. The van der Waals surface area contributed by atoms with Crippen LogP contribution in [0.3, 0.4) is 0 Å². The third-order valence-electron chi connectivity index (χ3n) is 2.55. The van der Waals surface area contributed by atoms with Crippen LogP contribution in [-0.4, -0.2) is 42.0 Å². The van der Waals surface area contributed by atoms with E-state index in [1.54, 1.807) is 7.05 Å². The minimum atomic E-state index is -2.39. The zero-order valence-corrected chi connectivity index (χ0v) is 7.41. The van der Waals surface area contributed by atoms with E-state index in [-0.39, 0.29) is 12.6 Å². The molecule has 0 bridgehead atoms. The lowest BCUT2D eigenvalue weighted by Gasteiger charge is -2.40. The van der Waals surface area contributed by atoms with Gasteiger partial charge in [-0.1, -0.05) is 0 Å². The third-order valence-corrected chi connectivity index (χ3v) is 2.55. The summed E-state index contributed by atoms with van der Waals surface area (Å²) in [6, 6.07) is -0.202. The molecule has 0 aromatic heterocycles. The van der Waals surface area contributed by atoms with Crippen molar-refractivity contribution >= 4 is 5.97 Å². The molecule has 3 nitrogen and oxygen atoms in total. The number of alkyl halides is 2. The molecule has 1 aliphatic rings. The van der Waals surface area contributed by atoms with E-state index in [2.05, 4.69) is 0 Å². The first-order chi connectivity index (χ1) is 6.02. The second-order valence-corrected chi connectivity index (χ2v) is 3.42. The van der Waals surface area contributed by atoms with Crippen LogP contribution in [0.4, 0.5) is 8.78 Å². The molecule has 0 aromatic carbocycles. The Hall–Kier alpha value is -0.710. The van der Waals surface area contributed by atoms with Gasteiger partial charge in [0.05, 0.1) is 12.5 Å². The van der Waals surface area contributed by atoms with Crippen LogP contribution in [0.2, 0.25) is 0 Å². The van der Waals surface area contributed by atoms with Gasteiger partial charge in [0.1, 0.15) is 0 Å². The van der Waals surface area contributed by atoms with Crippen LogP contribution >= 0.6 is 0 Å². The monoisotopic (exact) mass is 193 g/mol. The van der Waals surface area contributed by atoms with Crippen molar-refractivity contribution in [3.05, 3.63) is 0 Å². The Labute approximate surface area is 75.3 Å². The third kappa shape index (κ3) is 2.37. The molecule has 1 rings (SSSR count). The molecule has 2 atom stereocenters. The second-order valence-electron chi connectivity index (χ2n) is 3.42. The predicted octanol–water partition coefficient (Wildman–Crippen LogP) is 1.05. The second kappa shape index (κ2) is 4.00. The van der Waals surface area contributed by atoms with Crippen LogP contribution in [0, 0.1) is 5.92 Å². The Kier molecular flexibility index (Phi) is 3.19. The fraction of sp³-hybridized carbons (Fsp3) is 0.875.